The van der Waals surface area contributed by atoms with Crippen LogP contribution in [0.15, 0.2) is 24.4 Å². The van der Waals surface area contributed by atoms with E-state index in [0.29, 0.717) is 11.8 Å². The number of carbonyl (C=O) groups is 1. The normalized spacial score (nSPS) is 20.8. The van der Waals surface area contributed by atoms with E-state index in [1.54, 1.807) is 7.11 Å². The number of aromatic nitrogens is 2. The number of carbonyl (C=O) groups excluding carboxylic acids is 1. The van der Waals surface area contributed by atoms with Crippen LogP contribution in [0.4, 0.5) is 0 Å². The maximum Gasteiger partial charge on any atom is 0.308 e. The molecule has 3 rings (SSSR count). The highest BCUT2D eigenvalue weighted by Crippen LogP contribution is 2.32. The van der Waals surface area contributed by atoms with Gasteiger partial charge in [-0.2, -0.15) is 0 Å². The van der Waals surface area contributed by atoms with Gasteiger partial charge in [0, 0.05) is 12.3 Å². The standard InChI is InChI=1S/C19H24N2O3/c1-23-17-10-9-16-18(21-17)14(11-12-20-16)6-3-13-4-7-15(8-5-13)19(22)24-2/h9-13,15H,3-8H2,1-2H3/t13-,15-. The van der Waals surface area contributed by atoms with Crippen molar-refractivity contribution in [3.8, 4) is 5.88 Å². The van der Waals surface area contributed by atoms with E-state index in [4.69, 9.17) is 9.47 Å². The predicted octanol–water partition coefficient (Wildman–Crippen LogP) is 3.55. The molecule has 0 saturated heterocycles. The van der Waals surface area contributed by atoms with E-state index < -0.39 is 0 Å². The van der Waals surface area contributed by atoms with E-state index in [1.807, 2.05) is 18.3 Å². The Kier molecular flexibility index (Phi) is 5.28. The number of ether oxygens (including phenoxy) is 2. The lowest BCUT2D eigenvalue weighted by Crippen LogP contribution is -2.23. The molecule has 1 fully saturated rings. The second-order valence-electron chi connectivity index (χ2n) is 6.47. The highest BCUT2D eigenvalue weighted by Gasteiger charge is 2.26. The van der Waals surface area contributed by atoms with Crippen LogP contribution in [0.2, 0.25) is 0 Å². The number of fused-ring (bicyclic) bond motifs is 1. The molecular formula is C19H24N2O3. The molecule has 1 aliphatic carbocycles. The van der Waals surface area contributed by atoms with Gasteiger partial charge in [-0.05, 0) is 62.1 Å². The Morgan fingerprint density at radius 2 is 1.96 bits per heavy atom. The summed E-state index contributed by atoms with van der Waals surface area (Å²) in [5, 5.41) is 0. The zero-order chi connectivity index (χ0) is 16.9. The van der Waals surface area contributed by atoms with Gasteiger partial charge in [0.15, 0.2) is 0 Å². The van der Waals surface area contributed by atoms with Crippen LogP contribution < -0.4 is 4.74 Å². The number of aryl methyl sites for hydroxylation is 1. The average molecular weight is 328 g/mol. The second-order valence-corrected chi connectivity index (χ2v) is 6.47. The fourth-order valence-corrected chi connectivity index (χ4v) is 3.59. The summed E-state index contributed by atoms with van der Waals surface area (Å²) in [6.45, 7) is 0. The summed E-state index contributed by atoms with van der Waals surface area (Å²) in [6, 6.07) is 5.84. The largest absolute Gasteiger partial charge is 0.481 e. The summed E-state index contributed by atoms with van der Waals surface area (Å²) in [7, 11) is 3.11. The smallest absolute Gasteiger partial charge is 0.308 e. The van der Waals surface area contributed by atoms with Gasteiger partial charge < -0.3 is 9.47 Å². The van der Waals surface area contributed by atoms with E-state index in [1.165, 1.54) is 12.7 Å². The maximum absolute atomic E-state index is 11.6. The molecule has 0 bridgehead atoms. The number of hydrogen-bond donors (Lipinski definition) is 0. The van der Waals surface area contributed by atoms with E-state index in [9.17, 15) is 4.79 Å². The van der Waals surface area contributed by atoms with Crippen LogP contribution in [0.3, 0.4) is 0 Å². The lowest BCUT2D eigenvalue weighted by molar-refractivity contribution is -0.146. The summed E-state index contributed by atoms with van der Waals surface area (Å²) in [5.74, 6) is 1.33. The zero-order valence-corrected chi connectivity index (χ0v) is 14.3. The molecule has 2 aromatic rings. The average Bonchev–Trinajstić information content (AvgIpc) is 2.65. The van der Waals surface area contributed by atoms with Gasteiger partial charge in [-0.1, -0.05) is 0 Å². The lowest BCUT2D eigenvalue weighted by atomic mass is 9.79. The summed E-state index contributed by atoms with van der Waals surface area (Å²) in [4.78, 5) is 20.5. The molecular weight excluding hydrogens is 304 g/mol. The Hall–Kier alpha value is -2.17. The molecule has 0 N–H and O–H groups in total. The number of nitrogens with zero attached hydrogens (tertiary/aromatic N) is 2. The fraction of sp³-hybridized carbons (Fsp3) is 0.526. The molecule has 2 aromatic heterocycles. The molecule has 24 heavy (non-hydrogen) atoms. The van der Waals surface area contributed by atoms with Crippen molar-refractivity contribution in [1.29, 1.82) is 0 Å². The SMILES string of the molecule is COc1ccc2nccc(CC[C@H]3CC[C@H](C(=O)OC)CC3)c2n1. The Morgan fingerprint density at radius 3 is 2.67 bits per heavy atom. The van der Waals surface area contributed by atoms with Crippen LogP contribution in [0, 0.1) is 11.8 Å². The van der Waals surface area contributed by atoms with Crippen molar-refractivity contribution in [3.63, 3.8) is 0 Å². The summed E-state index contributed by atoms with van der Waals surface area (Å²) in [6.07, 6.45) is 8.03. The van der Waals surface area contributed by atoms with Crippen LogP contribution in [0.5, 0.6) is 5.88 Å². The quantitative estimate of drug-likeness (QED) is 0.786. The molecule has 0 aliphatic heterocycles. The molecule has 128 valence electrons. The van der Waals surface area contributed by atoms with Crippen LogP contribution in [0.1, 0.15) is 37.7 Å². The van der Waals surface area contributed by atoms with Crippen LogP contribution in [-0.4, -0.2) is 30.2 Å². The summed E-state index contributed by atoms with van der Waals surface area (Å²) in [5.41, 5.74) is 3.05. The van der Waals surface area contributed by atoms with Crippen molar-refractivity contribution in [1.82, 2.24) is 9.97 Å². The maximum atomic E-state index is 11.6. The van der Waals surface area contributed by atoms with Gasteiger partial charge >= 0.3 is 5.97 Å². The number of hydrogen-bond acceptors (Lipinski definition) is 5. The van der Waals surface area contributed by atoms with E-state index >= 15 is 0 Å². The molecule has 0 radical (unpaired) electrons. The Morgan fingerprint density at radius 1 is 1.17 bits per heavy atom. The highest BCUT2D eigenvalue weighted by molar-refractivity contribution is 5.78. The summed E-state index contributed by atoms with van der Waals surface area (Å²) >= 11 is 0. The Bertz CT molecular complexity index is 709. The Balaban J connectivity index is 1.63. The van der Waals surface area contributed by atoms with Gasteiger partial charge in [-0.3, -0.25) is 9.78 Å². The first-order valence-corrected chi connectivity index (χ1v) is 8.57. The van der Waals surface area contributed by atoms with Crippen LogP contribution >= 0.6 is 0 Å². The molecule has 1 saturated carbocycles. The zero-order valence-electron chi connectivity index (χ0n) is 14.3. The van der Waals surface area contributed by atoms with Crippen molar-refractivity contribution < 1.29 is 14.3 Å². The molecule has 0 unspecified atom stereocenters. The van der Waals surface area contributed by atoms with E-state index in [0.717, 1.165) is 49.6 Å². The fourth-order valence-electron chi connectivity index (χ4n) is 3.59. The van der Waals surface area contributed by atoms with Crippen molar-refractivity contribution >= 4 is 17.0 Å². The van der Waals surface area contributed by atoms with Crippen LogP contribution in [0.25, 0.3) is 11.0 Å². The highest BCUT2D eigenvalue weighted by atomic mass is 16.5. The molecule has 0 spiro atoms. The minimum absolute atomic E-state index is 0.0510. The molecule has 2 heterocycles. The number of esters is 1. The topological polar surface area (TPSA) is 61.3 Å². The van der Waals surface area contributed by atoms with Crippen molar-refractivity contribution in [3.05, 3.63) is 30.0 Å². The third-order valence-corrected chi connectivity index (χ3v) is 5.05. The first kappa shape index (κ1) is 16.7. The predicted molar refractivity (Wildman–Crippen MR) is 91.9 cm³/mol. The third kappa shape index (κ3) is 3.66. The first-order valence-electron chi connectivity index (χ1n) is 8.57. The lowest BCUT2D eigenvalue weighted by Gasteiger charge is -2.26. The monoisotopic (exact) mass is 328 g/mol. The van der Waals surface area contributed by atoms with Gasteiger partial charge in [-0.25, -0.2) is 4.98 Å². The molecule has 1 aliphatic rings. The second kappa shape index (κ2) is 7.60. The number of pyridine rings is 2. The van der Waals surface area contributed by atoms with Gasteiger partial charge in [0.2, 0.25) is 5.88 Å². The minimum Gasteiger partial charge on any atom is -0.481 e. The van der Waals surface area contributed by atoms with Gasteiger partial charge in [0.05, 0.1) is 31.2 Å². The molecule has 0 amide bonds. The van der Waals surface area contributed by atoms with Gasteiger partial charge in [0.25, 0.3) is 0 Å². The van der Waals surface area contributed by atoms with Crippen molar-refractivity contribution in [2.24, 2.45) is 11.8 Å². The number of rotatable bonds is 5. The van der Waals surface area contributed by atoms with Gasteiger partial charge in [0.1, 0.15) is 0 Å². The minimum atomic E-state index is -0.0510. The van der Waals surface area contributed by atoms with E-state index in [2.05, 4.69) is 16.0 Å². The van der Waals surface area contributed by atoms with E-state index in [-0.39, 0.29) is 11.9 Å². The molecule has 5 heteroatoms. The van der Waals surface area contributed by atoms with Gasteiger partial charge in [-0.15, -0.1) is 0 Å². The third-order valence-electron chi connectivity index (χ3n) is 5.05. The summed E-state index contributed by atoms with van der Waals surface area (Å²) < 4.78 is 10.1. The Labute approximate surface area is 142 Å². The van der Waals surface area contributed by atoms with Crippen molar-refractivity contribution in [2.75, 3.05) is 14.2 Å². The number of methoxy groups -OCH3 is 2. The molecule has 0 atom stereocenters. The van der Waals surface area contributed by atoms with Crippen LogP contribution in [-0.2, 0) is 16.0 Å². The molecule has 5 nitrogen and oxygen atoms in total. The first-order chi connectivity index (χ1) is 11.7. The van der Waals surface area contributed by atoms with Crippen molar-refractivity contribution in [2.45, 2.75) is 38.5 Å². The molecule has 0 aromatic carbocycles.